The summed E-state index contributed by atoms with van der Waals surface area (Å²) in [5, 5.41) is 5.25. The van der Waals surface area contributed by atoms with Gasteiger partial charge in [-0.15, -0.1) is 0 Å². The van der Waals surface area contributed by atoms with Crippen LogP contribution in [0.3, 0.4) is 0 Å². The molecule has 0 fully saturated rings. The van der Waals surface area contributed by atoms with E-state index in [2.05, 4.69) is 10.6 Å². The number of nitrogens with zero attached hydrogens (tertiary/aromatic N) is 1. The summed E-state index contributed by atoms with van der Waals surface area (Å²) >= 11 is 0. The molecule has 0 aliphatic heterocycles. The predicted octanol–water partition coefficient (Wildman–Crippen LogP) is 0.634. The monoisotopic (exact) mass is 309 g/mol. The lowest BCUT2D eigenvalue weighted by Crippen LogP contribution is -2.41. The van der Waals surface area contributed by atoms with Crippen LogP contribution >= 0.6 is 0 Å². The molecule has 1 aromatic rings. The number of rotatable bonds is 7. The van der Waals surface area contributed by atoms with E-state index in [9.17, 15) is 9.59 Å². The molecule has 122 valence electrons. The Bertz CT molecular complexity index is 518. The summed E-state index contributed by atoms with van der Waals surface area (Å²) in [6, 6.07) is 5.22. The Kier molecular flexibility index (Phi) is 7.01. The number of carbonyl (C=O) groups is 2. The van der Waals surface area contributed by atoms with Gasteiger partial charge in [-0.05, 0) is 30.2 Å². The summed E-state index contributed by atoms with van der Waals surface area (Å²) in [6.45, 7) is 0.395. The van der Waals surface area contributed by atoms with Crippen molar-refractivity contribution in [3.8, 4) is 11.5 Å². The molecule has 7 nitrogen and oxygen atoms in total. The zero-order valence-corrected chi connectivity index (χ0v) is 13.4. The van der Waals surface area contributed by atoms with Gasteiger partial charge in [0.15, 0.2) is 0 Å². The van der Waals surface area contributed by atoms with Crippen LogP contribution in [0.5, 0.6) is 11.5 Å². The highest BCUT2D eigenvalue weighted by Crippen LogP contribution is 2.23. The minimum atomic E-state index is -0.301. The Labute approximate surface area is 130 Å². The number of methoxy groups -OCH3 is 2. The van der Waals surface area contributed by atoms with Crippen LogP contribution in [-0.2, 0) is 11.2 Å². The van der Waals surface area contributed by atoms with Crippen molar-refractivity contribution in [2.45, 2.75) is 6.42 Å². The van der Waals surface area contributed by atoms with E-state index < -0.39 is 0 Å². The second kappa shape index (κ2) is 8.76. The molecule has 0 heterocycles. The summed E-state index contributed by atoms with van der Waals surface area (Å²) < 4.78 is 10.5. The van der Waals surface area contributed by atoms with Gasteiger partial charge in [-0.2, -0.15) is 0 Å². The normalized spacial score (nSPS) is 9.82. The first kappa shape index (κ1) is 17.6. The van der Waals surface area contributed by atoms with Crippen LogP contribution in [0.4, 0.5) is 4.79 Å². The highest BCUT2D eigenvalue weighted by molar-refractivity contribution is 5.83. The van der Waals surface area contributed by atoms with Gasteiger partial charge in [-0.25, -0.2) is 4.79 Å². The van der Waals surface area contributed by atoms with Crippen molar-refractivity contribution in [1.82, 2.24) is 15.5 Å². The lowest BCUT2D eigenvalue weighted by atomic mass is 10.1. The van der Waals surface area contributed by atoms with E-state index in [1.54, 1.807) is 28.3 Å². The molecule has 1 aromatic carbocycles. The molecule has 0 saturated carbocycles. The maximum absolute atomic E-state index is 11.6. The second-order valence-electron chi connectivity index (χ2n) is 4.83. The van der Waals surface area contributed by atoms with Gasteiger partial charge in [0, 0.05) is 20.6 Å². The number of urea groups is 1. The van der Waals surface area contributed by atoms with Gasteiger partial charge in [-0.1, -0.05) is 0 Å². The minimum Gasteiger partial charge on any atom is -0.497 e. The molecule has 0 atom stereocenters. The SMILES string of the molecule is COc1ccc(OC)c(CCNC(=O)CNC(=O)N(C)C)c1. The molecular formula is C15H23N3O4. The van der Waals surface area contributed by atoms with E-state index in [0.29, 0.717) is 13.0 Å². The fraction of sp³-hybridized carbons (Fsp3) is 0.467. The van der Waals surface area contributed by atoms with Gasteiger partial charge in [0.1, 0.15) is 11.5 Å². The quantitative estimate of drug-likeness (QED) is 0.774. The van der Waals surface area contributed by atoms with Crippen molar-refractivity contribution in [2.24, 2.45) is 0 Å². The Morgan fingerprint density at radius 3 is 2.45 bits per heavy atom. The molecule has 22 heavy (non-hydrogen) atoms. The van der Waals surface area contributed by atoms with Crippen LogP contribution < -0.4 is 20.1 Å². The van der Waals surface area contributed by atoms with Crippen molar-refractivity contribution in [3.05, 3.63) is 23.8 Å². The Hall–Kier alpha value is -2.44. The topological polar surface area (TPSA) is 79.9 Å². The average Bonchev–Trinajstić information content (AvgIpc) is 2.52. The Balaban J connectivity index is 2.43. The van der Waals surface area contributed by atoms with Gasteiger partial charge in [0.25, 0.3) is 0 Å². The smallest absolute Gasteiger partial charge is 0.317 e. The van der Waals surface area contributed by atoms with Gasteiger partial charge >= 0.3 is 6.03 Å². The molecule has 3 amide bonds. The molecule has 0 aliphatic carbocycles. The maximum Gasteiger partial charge on any atom is 0.317 e. The van der Waals surface area contributed by atoms with Crippen molar-refractivity contribution in [2.75, 3.05) is 41.4 Å². The molecule has 0 radical (unpaired) electrons. The highest BCUT2D eigenvalue weighted by atomic mass is 16.5. The first-order chi connectivity index (χ1) is 10.5. The lowest BCUT2D eigenvalue weighted by molar-refractivity contribution is -0.120. The summed E-state index contributed by atoms with van der Waals surface area (Å²) in [6.07, 6.45) is 0.605. The van der Waals surface area contributed by atoms with Crippen LogP contribution in [0, 0.1) is 0 Å². The first-order valence-electron chi connectivity index (χ1n) is 6.90. The number of hydrogen-bond acceptors (Lipinski definition) is 4. The molecule has 7 heteroatoms. The third-order valence-electron chi connectivity index (χ3n) is 3.01. The predicted molar refractivity (Wildman–Crippen MR) is 83.3 cm³/mol. The number of hydrogen-bond donors (Lipinski definition) is 2. The van der Waals surface area contributed by atoms with Crippen molar-refractivity contribution in [1.29, 1.82) is 0 Å². The molecule has 0 unspecified atom stereocenters. The number of amides is 3. The third-order valence-corrected chi connectivity index (χ3v) is 3.01. The number of ether oxygens (including phenoxy) is 2. The number of benzene rings is 1. The molecule has 0 bridgehead atoms. The molecule has 1 rings (SSSR count). The van der Waals surface area contributed by atoms with Crippen LogP contribution in [0.2, 0.25) is 0 Å². The van der Waals surface area contributed by atoms with E-state index in [0.717, 1.165) is 17.1 Å². The zero-order valence-electron chi connectivity index (χ0n) is 13.4. The van der Waals surface area contributed by atoms with Crippen LogP contribution in [0.15, 0.2) is 18.2 Å². The molecular weight excluding hydrogens is 286 g/mol. The van der Waals surface area contributed by atoms with Crippen molar-refractivity contribution >= 4 is 11.9 Å². The van der Waals surface area contributed by atoms with Crippen LogP contribution in [0.1, 0.15) is 5.56 Å². The summed E-state index contributed by atoms with van der Waals surface area (Å²) in [4.78, 5) is 24.3. The Morgan fingerprint density at radius 1 is 1.14 bits per heavy atom. The molecule has 0 spiro atoms. The van der Waals surface area contributed by atoms with Gasteiger partial charge in [0.05, 0.1) is 20.8 Å². The molecule has 0 saturated heterocycles. The van der Waals surface area contributed by atoms with Crippen molar-refractivity contribution < 1.29 is 19.1 Å². The van der Waals surface area contributed by atoms with Crippen LogP contribution in [0.25, 0.3) is 0 Å². The van der Waals surface area contributed by atoms with E-state index in [4.69, 9.17) is 9.47 Å². The summed E-state index contributed by atoms with van der Waals surface area (Å²) in [5.74, 6) is 1.24. The van der Waals surface area contributed by atoms with Gasteiger partial charge in [0.2, 0.25) is 5.91 Å². The van der Waals surface area contributed by atoms with E-state index in [1.165, 1.54) is 4.90 Å². The van der Waals surface area contributed by atoms with Crippen LogP contribution in [-0.4, -0.2) is 58.2 Å². The fourth-order valence-corrected chi connectivity index (χ4v) is 1.79. The first-order valence-corrected chi connectivity index (χ1v) is 6.90. The van der Waals surface area contributed by atoms with E-state index >= 15 is 0 Å². The standard InChI is InChI=1S/C15H23N3O4/c1-18(2)15(20)17-10-14(19)16-8-7-11-9-12(21-3)5-6-13(11)22-4/h5-6,9H,7-8,10H2,1-4H3,(H,16,19)(H,17,20). The summed E-state index contributed by atoms with van der Waals surface area (Å²) in [5.41, 5.74) is 0.944. The third kappa shape index (κ3) is 5.51. The zero-order chi connectivity index (χ0) is 16.5. The largest absolute Gasteiger partial charge is 0.497 e. The molecule has 2 N–H and O–H groups in total. The van der Waals surface area contributed by atoms with E-state index in [1.807, 2.05) is 18.2 Å². The Morgan fingerprint density at radius 2 is 1.86 bits per heavy atom. The van der Waals surface area contributed by atoms with Gasteiger partial charge in [-0.3, -0.25) is 4.79 Å². The van der Waals surface area contributed by atoms with E-state index in [-0.39, 0.29) is 18.5 Å². The second-order valence-corrected chi connectivity index (χ2v) is 4.83. The number of nitrogens with one attached hydrogen (secondary N) is 2. The number of carbonyl (C=O) groups excluding carboxylic acids is 2. The maximum atomic E-state index is 11.6. The minimum absolute atomic E-state index is 0.0493. The summed E-state index contributed by atoms with van der Waals surface area (Å²) in [7, 11) is 6.42. The lowest BCUT2D eigenvalue weighted by Gasteiger charge is -2.13. The van der Waals surface area contributed by atoms with Crippen molar-refractivity contribution in [3.63, 3.8) is 0 Å². The molecule has 0 aliphatic rings. The highest BCUT2D eigenvalue weighted by Gasteiger charge is 2.08. The van der Waals surface area contributed by atoms with Gasteiger partial charge < -0.3 is 25.0 Å². The fourth-order valence-electron chi connectivity index (χ4n) is 1.79. The molecule has 0 aromatic heterocycles. The average molecular weight is 309 g/mol.